The molecule has 3 unspecified atom stereocenters. The molecule has 0 bridgehead atoms. The first kappa shape index (κ1) is 7.28. The molecule has 0 aromatic rings. The molecule has 1 aliphatic heterocycles. The molecule has 0 spiro atoms. The van der Waals surface area contributed by atoms with Crippen LogP contribution >= 0.6 is 0 Å². The number of aliphatic hydroxyl groups excluding tert-OH is 1. The summed E-state index contributed by atoms with van der Waals surface area (Å²) in [6.07, 6.45) is 6.47. The number of fused-ring (bicyclic) bond motifs is 1. The van der Waals surface area contributed by atoms with Crippen molar-refractivity contribution in [3.8, 4) is 0 Å². The molecule has 1 fully saturated rings. The Labute approximate surface area is 66.1 Å². The van der Waals surface area contributed by atoms with Crippen molar-refractivity contribution in [3.63, 3.8) is 0 Å². The summed E-state index contributed by atoms with van der Waals surface area (Å²) in [5.74, 6) is 0. The molecule has 3 nitrogen and oxygen atoms in total. The van der Waals surface area contributed by atoms with E-state index in [2.05, 4.69) is 17.5 Å². The molecule has 1 saturated heterocycles. The van der Waals surface area contributed by atoms with Crippen LogP contribution in [0.3, 0.4) is 0 Å². The highest BCUT2D eigenvalue weighted by molar-refractivity contribution is 5.01. The summed E-state index contributed by atoms with van der Waals surface area (Å²) in [5.41, 5.74) is 0. The third kappa shape index (κ3) is 1.31. The monoisotopic (exact) mass is 155 g/mol. The fraction of sp³-hybridized carbons (Fsp3) is 0.750. The summed E-state index contributed by atoms with van der Waals surface area (Å²) in [7, 11) is 0. The van der Waals surface area contributed by atoms with E-state index < -0.39 is 0 Å². The molecular weight excluding hydrogens is 142 g/mol. The number of nitrogens with one attached hydrogen (secondary N) is 1. The lowest BCUT2D eigenvalue weighted by Gasteiger charge is -2.17. The summed E-state index contributed by atoms with van der Waals surface area (Å²) in [6.45, 7) is 0.0764. The van der Waals surface area contributed by atoms with Crippen LogP contribution in [-0.4, -0.2) is 30.1 Å². The first-order valence-electron chi connectivity index (χ1n) is 4.07. The highest BCUT2D eigenvalue weighted by atomic mass is 16.5. The van der Waals surface area contributed by atoms with Crippen molar-refractivity contribution in [3.05, 3.63) is 12.2 Å². The third-order valence-electron chi connectivity index (χ3n) is 2.28. The maximum atomic E-state index is 8.81. The van der Waals surface area contributed by atoms with Gasteiger partial charge >= 0.3 is 0 Å². The van der Waals surface area contributed by atoms with E-state index in [9.17, 15) is 0 Å². The highest BCUT2D eigenvalue weighted by Crippen LogP contribution is 2.22. The molecule has 0 saturated carbocycles. The van der Waals surface area contributed by atoms with Gasteiger partial charge in [-0.2, -0.15) is 0 Å². The Hall–Kier alpha value is -0.380. The molecule has 0 aromatic carbocycles. The first-order chi connectivity index (χ1) is 5.40. The van der Waals surface area contributed by atoms with E-state index in [1.807, 2.05) is 0 Å². The summed E-state index contributed by atoms with van der Waals surface area (Å²) in [4.78, 5) is 0. The average molecular weight is 155 g/mol. The van der Waals surface area contributed by atoms with E-state index >= 15 is 0 Å². The van der Waals surface area contributed by atoms with Gasteiger partial charge in [0.1, 0.15) is 6.23 Å². The predicted octanol–water partition coefficient (Wildman–Crippen LogP) is 0.0118. The molecule has 1 heterocycles. The SMILES string of the molecule is OCC1NC2CC=CCC2O1. The summed E-state index contributed by atoms with van der Waals surface area (Å²) < 4.78 is 5.50. The quantitative estimate of drug-likeness (QED) is 0.524. The highest BCUT2D eigenvalue weighted by Gasteiger charge is 2.33. The lowest BCUT2D eigenvalue weighted by Crippen LogP contribution is -2.35. The molecule has 2 aliphatic rings. The van der Waals surface area contributed by atoms with Gasteiger partial charge in [-0.15, -0.1) is 0 Å². The van der Waals surface area contributed by atoms with Crippen LogP contribution in [0.5, 0.6) is 0 Å². The number of rotatable bonds is 1. The van der Waals surface area contributed by atoms with Crippen LogP contribution in [0.4, 0.5) is 0 Å². The van der Waals surface area contributed by atoms with Gasteiger partial charge in [-0.25, -0.2) is 0 Å². The summed E-state index contributed by atoms with van der Waals surface area (Å²) in [6, 6.07) is 0.428. The Morgan fingerprint density at radius 3 is 3.00 bits per heavy atom. The van der Waals surface area contributed by atoms with E-state index in [-0.39, 0.29) is 18.9 Å². The number of aliphatic hydroxyl groups is 1. The maximum Gasteiger partial charge on any atom is 0.132 e. The maximum absolute atomic E-state index is 8.81. The van der Waals surface area contributed by atoms with Crippen LogP contribution < -0.4 is 5.32 Å². The van der Waals surface area contributed by atoms with Crippen LogP contribution in [0.2, 0.25) is 0 Å². The zero-order chi connectivity index (χ0) is 7.68. The molecule has 2 N–H and O–H groups in total. The largest absolute Gasteiger partial charge is 0.392 e. The number of hydrogen-bond donors (Lipinski definition) is 2. The van der Waals surface area contributed by atoms with E-state index in [0.29, 0.717) is 6.04 Å². The van der Waals surface area contributed by atoms with Crippen LogP contribution in [0.25, 0.3) is 0 Å². The van der Waals surface area contributed by atoms with Crippen molar-refractivity contribution in [1.29, 1.82) is 0 Å². The van der Waals surface area contributed by atoms with E-state index in [0.717, 1.165) is 12.8 Å². The van der Waals surface area contributed by atoms with Crippen molar-refractivity contribution in [2.75, 3.05) is 6.61 Å². The first-order valence-corrected chi connectivity index (χ1v) is 4.07. The molecule has 0 radical (unpaired) electrons. The van der Waals surface area contributed by atoms with E-state index in [1.165, 1.54) is 0 Å². The van der Waals surface area contributed by atoms with Gasteiger partial charge in [0.2, 0.25) is 0 Å². The van der Waals surface area contributed by atoms with Gasteiger partial charge in [0.05, 0.1) is 12.7 Å². The molecule has 11 heavy (non-hydrogen) atoms. The smallest absolute Gasteiger partial charge is 0.132 e. The molecule has 3 heteroatoms. The number of hydrogen-bond acceptors (Lipinski definition) is 3. The standard InChI is InChI=1S/C8H13NO2/c10-5-8-9-6-3-1-2-4-7(6)11-8/h1-2,6-10H,3-5H2. The van der Waals surface area contributed by atoms with Crippen LogP contribution in [0, 0.1) is 0 Å². The second-order valence-electron chi connectivity index (χ2n) is 3.06. The van der Waals surface area contributed by atoms with Crippen molar-refractivity contribution in [1.82, 2.24) is 5.32 Å². The fourth-order valence-electron chi connectivity index (χ4n) is 1.70. The van der Waals surface area contributed by atoms with Gasteiger partial charge in [0.15, 0.2) is 0 Å². The minimum absolute atomic E-state index is 0.0764. The minimum Gasteiger partial charge on any atom is -0.392 e. The molecule has 0 aromatic heterocycles. The molecule has 0 amide bonds. The lowest BCUT2D eigenvalue weighted by molar-refractivity contribution is 0.00472. The van der Waals surface area contributed by atoms with Crippen molar-refractivity contribution in [2.45, 2.75) is 31.2 Å². The minimum atomic E-state index is -0.134. The number of ether oxygens (including phenoxy) is 1. The van der Waals surface area contributed by atoms with Crippen LogP contribution in [0.15, 0.2) is 12.2 Å². The van der Waals surface area contributed by atoms with Gasteiger partial charge in [0, 0.05) is 6.04 Å². The summed E-state index contributed by atoms with van der Waals surface area (Å²) >= 11 is 0. The van der Waals surface area contributed by atoms with Crippen LogP contribution in [-0.2, 0) is 4.74 Å². The Balaban J connectivity index is 1.98. The molecule has 3 atom stereocenters. The Kier molecular flexibility index (Phi) is 1.94. The van der Waals surface area contributed by atoms with Gasteiger partial charge in [-0.3, -0.25) is 5.32 Å². The Morgan fingerprint density at radius 2 is 2.27 bits per heavy atom. The Bertz CT molecular complexity index is 153. The molecular formula is C8H13NO2. The van der Waals surface area contributed by atoms with E-state index in [4.69, 9.17) is 9.84 Å². The average Bonchev–Trinajstić information content (AvgIpc) is 2.46. The van der Waals surface area contributed by atoms with Crippen LogP contribution in [0.1, 0.15) is 12.8 Å². The summed E-state index contributed by atoms with van der Waals surface area (Å²) in [5, 5.41) is 12.0. The predicted molar refractivity (Wildman–Crippen MR) is 41.0 cm³/mol. The zero-order valence-corrected chi connectivity index (χ0v) is 6.36. The third-order valence-corrected chi connectivity index (χ3v) is 2.28. The Morgan fingerprint density at radius 1 is 1.45 bits per heavy atom. The molecule has 62 valence electrons. The van der Waals surface area contributed by atoms with Gasteiger partial charge in [-0.1, -0.05) is 12.2 Å². The lowest BCUT2D eigenvalue weighted by atomic mass is 10.00. The van der Waals surface area contributed by atoms with Gasteiger partial charge in [-0.05, 0) is 12.8 Å². The van der Waals surface area contributed by atoms with Crippen molar-refractivity contribution >= 4 is 0 Å². The van der Waals surface area contributed by atoms with Crippen molar-refractivity contribution in [2.24, 2.45) is 0 Å². The zero-order valence-electron chi connectivity index (χ0n) is 6.36. The topological polar surface area (TPSA) is 41.5 Å². The normalized spacial score (nSPS) is 42.5. The van der Waals surface area contributed by atoms with E-state index in [1.54, 1.807) is 0 Å². The second kappa shape index (κ2) is 2.93. The van der Waals surface area contributed by atoms with Crippen molar-refractivity contribution < 1.29 is 9.84 Å². The molecule has 2 rings (SSSR count). The van der Waals surface area contributed by atoms with Gasteiger partial charge in [0.25, 0.3) is 0 Å². The van der Waals surface area contributed by atoms with Gasteiger partial charge < -0.3 is 9.84 Å². The fourth-order valence-corrected chi connectivity index (χ4v) is 1.70. The second-order valence-corrected chi connectivity index (χ2v) is 3.06. The molecule has 1 aliphatic carbocycles.